The van der Waals surface area contributed by atoms with E-state index in [2.05, 4.69) is 4.90 Å². The molecule has 0 bridgehead atoms. The maximum Gasteiger partial charge on any atom is 0.254 e. The number of nitrogens with zero attached hydrogens (tertiary/aromatic N) is 2. The number of benzene rings is 1. The zero-order valence-electron chi connectivity index (χ0n) is 13.1. The molecule has 1 amide bonds. The summed E-state index contributed by atoms with van der Waals surface area (Å²) in [7, 11) is 4.07. The van der Waals surface area contributed by atoms with Gasteiger partial charge < -0.3 is 20.3 Å². The molecule has 5 heteroatoms. The van der Waals surface area contributed by atoms with Crippen LogP contribution in [0.1, 0.15) is 30.1 Å². The fourth-order valence-electron chi connectivity index (χ4n) is 2.88. The summed E-state index contributed by atoms with van der Waals surface area (Å²) in [6.45, 7) is 4.19. The average Bonchev–Trinajstić information content (AvgIpc) is 2.84. The SMILES string of the molecule is CCOc1cc(N)cc(C(=O)N2CCCC2CN(C)C)c1. The minimum Gasteiger partial charge on any atom is -0.494 e. The molecule has 2 rings (SSSR count). The van der Waals surface area contributed by atoms with Crippen LogP contribution in [0.25, 0.3) is 0 Å². The third-order valence-electron chi connectivity index (χ3n) is 3.70. The van der Waals surface area contributed by atoms with Gasteiger partial charge in [0.2, 0.25) is 0 Å². The maximum atomic E-state index is 12.7. The lowest BCUT2D eigenvalue weighted by atomic mass is 10.1. The summed E-state index contributed by atoms with van der Waals surface area (Å²) in [5.74, 6) is 0.705. The lowest BCUT2D eigenvalue weighted by Gasteiger charge is -2.27. The van der Waals surface area contributed by atoms with E-state index in [1.165, 1.54) is 0 Å². The normalized spacial score (nSPS) is 18.3. The Hall–Kier alpha value is -1.75. The van der Waals surface area contributed by atoms with Crippen LogP contribution < -0.4 is 10.5 Å². The minimum atomic E-state index is 0.0487. The van der Waals surface area contributed by atoms with Crippen LogP contribution >= 0.6 is 0 Å². The van der Waals surface area contributed by atoms with Crippen molar-refractivity contribution in [1.29, 1.82) is 0 Å². The first-order chi connectivity index (χ1) is 10.0. The standard InChI is InChI=1S/C16H25N3O2/c1-4-21-15-9-12(8-13(17)10-15)16(20)19-7-5-6-14(19)11-18(2)3/h8-10,14H,4-7,11,17H2,1-3H3. The number of hydrogen-bond donors (Lipinski definition) is 1. The summed E-state index contributed by atoms with van der Waals surface area (Å²) in [6.07, 6.45) is 2.12. The molecule has 1 fully saturated rings. The van der Waals surface area contributed by atoms with E-state index in [4.69, 9.17) is 10.5 Å². The molecule has 1 aliphatic rings. The molecule has 21 heavy (non-hydrogen) atoms. The van der Waals surface area contributed by atoms with Crippen molar-refractivity contribution in [2.75, 3.05) is 39.5 Å². The van der Waals surface area contributed by atoms with Gasteiger partial charge in [0.15, 0.2) is 0 Å². The van der Waals surface area contributed by atoms with E-state index in [-0.39, 0.29) is 11.9 Å². The second-order valence-corrected chi connectivity index (χ2v) is 5.78. The van der Waals surface area contributed by atoms with Gasteiger partial charge in [0.25, 0.3) is 5.91 Å². The molecule has 2 N–H and O–H groups in total. The van der Waals surface area contributed by atoms with Gasteiger partial charge in [0, 0.05) is 36.4 Å². The first kappa shape index (κ1) is 15.6. The molecule has 0 aromatic heterocycles. The van der Waals surface area contributed by atoms with Crippen LogP contribution in [-0.2, 0) is 0 Å². The van der Waals surface area contributed by atoms with E-state index in [9.17, 15) is 4.79 Å². The number of rotatable bonds is 5. The second-order valence-electron chi connectivity index (χ2n) is 5.78. The lowest BCUT2D eigenvalue weighted by molar-refractivity contribution is 0.0716. The smallest absolute Gasteiger partial charge is 0.254 e. The van der Waals surface area contributed by atoms with Crippen LogP contribution in [0.5, 0.6) is 5.75 Å². The van der Waals surface area contributed by atoms with E-state index < -0.39 is 0 Å². The number of carbonyl (C=O) groups is 1. The van der Waals surface area contributed by atoms with Crippen LogP contribution in [0, 0.1) is 0 Å². The molecule has 0 saturated carbocycles. The molecule has 5 nitrogen and oxygen atoms in total. The van der Waals surface area contributed by atoms with Gasteiger partial charge in [-0.3, -0.25) is 4.79 Å². The molecule has 0 spiro atoms. The van der Waals surface area contributed by atoms with Gasteiger partial charge >= 0.3 is 0 Å². The second kappa shape index (κ2) is 6.80. The van der Waals surface area contributed by atoms with Gasteiger partial charge in [-0.25, -0.2) is 0 Å². The Balaban J connectivity index is 2.18. The van der Waals surface area contributed by atoms with Crippen molar-refractivity contribution >= 4 is 11.6 Å². The van der Waals surface area contributed by atoms with E-state index in [0.717, 1.165) is 25.9 Å². The van der Waals surface area contributed by atoms with Gasteiger partial charge in [-0.1, -0.05) is 0 Å². The van der Waals surface area contributed by atoms with Gasteiger partial charge in [-0.05, 0) is 46.0 Å². The van der Waals surface area contributed by atoms with Crippen molar-refractivity contribution in [1.82, 2.24) is 9.80 Å². The Morgan fingerprint density at radius 2 is 2.19 bits per heavy atom. The summed E-state index contributed by atoms with van der Waals surface area (Å²) in [5.41, 5.74) is 7.06. The first-order valence-electron chi connectivity index (χ1n) is 7.50. The molecule has 1 unspecified atom stereocenters. The molecular formula is C16H25N3O2. The van der Waals surface area contributed by atoms with Crippen molar-refractivity contribution in [3.63, 3.8) is 0 Å². The van der Waals surface area contributed by atoms with E-state index in [1.54, 1.807) is 18.2 Å². The summed E-state index contributed by atoms with van der Waals surface area (Å²) in [5, 5.41) is 0. The van der Waals surface area contributed by atoms with Gasteiger partial charge in [-0.2, -0.15) is 0 Å². The summed E-state index contributed by atoms with van der Waals surface area (Å²) >= 11 is 0. The predicted octanol–water partition coefficient (Wildman–Crippen LogP) is 1.83. The summed E-state index contributed by atoms with van der Waals surface area (Å²) in [4.78, 5) is 16.8. The highest BCUT2D eigenvalue weighted by Crippen LogP contribution is 2.24. The number of nitrogen functional groups attached to an aromatic ring is 1. The fraction of sp³-hybridized carbons (Fsp3) is 0.562. The number of likely N-dealkylation sites (N-methyl/N-ethyl adjacent to an activating group) is 1. The van der Waals surface area contributed by atoms with Crippen molar-refractivity contribution in [2.45, 2.75) is 25.8 Å². The number of carbonyl (C=O) groups excluding carboxylic acids is 1. The fourth-order valence-corrected chi connectivity index (χ4v) is 2.88. The topological polar surface area (TPSA) is 58.8 Å². The Bertz CT molecular complexity index is 502. The van der Waals surface area contributed by atoms with Crippen LogP contribution in [0.4, 0.5) is 5.69 Å². The number of hydrogen-bond acceptors (Lipinski definition) is 4. The van der Waals surface area contributed by atoms with Crippen molar-refractivity contribution in [3.8, 4) is 5.75 Å². The van der Waals surface area contributed by atoms with Crippen LogP contribution in [0.3, 0.4) is 0 Å². The minimum absolute atomic E-state index is 0.0487. The first-order valence-corrected chi connectivity index (χ1v) is 7.50. The molecule has 1 aromatic rings. The van der Waals surface area contributed by atoms with Crippen molar-refractivity contribution in [3.05, 3.63) is 23.8 Å². The molecule has 0 aliphatic carbocycles. The third kappa shape index (κ3) is 3.88. The molecule has 116 valence electrons. The Morgan fingerprint density at radius 3 is 2.86 bits per heavy atom. The number of likely N-dealkylation sites (tertiary alicyclic amines) is 1. The number of amides is 1. The molecule has 1 atom stereocenters. The van der Waals surface area contributed by atoms with Crippen molar-refractivity contribution < 1.29 is 9.53 Å². The third-order valence-corrected chi connectivity index (χ3v) is 3.70. The van der Waals surface area contributed by atoms with Crippen molar-refractivity contribution in [2.24, 2.45) is 0 Å². The van der Waals surface area contributed by atoms with E-state index in [1.807, 2.05) is 25.9 Å². The van der Waals surface area contributed by atoms with E-state index >= 15 is 0 Å². The monoisotopic (exact) mass is 291 g/mol. The zero-order valence-corrected chi connectivity index (χ0v) is 13.1. The zero-order chi connectivity index (χ0) is 15.4. The molecule has 0 radical (unpaired) electrons. The summed E-state index contributed by atoms with van der Waals surface area (Å²) in [6, 6.07) is 5.55. The van der Waals surface area contributed by atoms with Crippen LogP contribution in [0.2, 0.25) is 0 Å². The molecule has 1 saturated heterocycles. The highest BCUT2D eigenvalue weighted by molar-refractivity contribution is 5.96. The average molecular weight is 291 g/mol. The number of nitrogens with two attached hydrogens (primary N) is 1. The Morgan fingerprint density at radius 1 is 1.43 bits per heavy atom. The highest BCUT2D eigenvalue weighted by atomic mass is 16.5. The predicted molar refractivity (Wildman–Crippen MR) is 84.6 cm³/mol. The molecule has 1 heterocycles. The number of ether oxygens (including phenoxy) is 1. The van der Waals surface area contributed by atoms with Gasteiger partial charge in [0.1, 0.15) is 5.75 Å². The van der Waals surface area contributed by atoms with Gasteiger partial charge in [-0.15, -0.1) is 0 Å². The molecule has 1 aliphatic heterocycles. The van der Waals surface area contributed by atoms with Crippen LogP contribution in [-0.4, -0.2) is 55.5 Å². The highest BCUT2D eigenvalue weighted by Gasteiger charge is 2.29. The van der Waals surface area contributed by atoms with Gasteiger partial charge in [0.05, 0.1) is 6.61 Å². The quantitative estimate of drug-likeness (QED) is 0.841. The largest absolute Gasteiger partial charge is 0.494 e. The van der Waals surface area contributed by atoms with Crippen LogP contribution in [0.15, 0.2) is 18.2 Å². The molecule has 1 aromatic carbocycles. The molecular weight excluding hydrogens is 266 g/mol. The van der Waals surface area contributed by atoms with E-state index in [0.29, 0.717) is 23.6 Å². The number of anilines is 1. The maximum absolute atomic E-state index is 12.7. The Kier molecular flexibility index (Phi) is 5.07. The Labute approximate surface area is 126 Å². The lowest BCUT2D eigenvalue weighted by Crippen LogP contribution is -2.41. The summed E-state index contributed by atoms with van der Waals surface area (Å²) < 4.78 is 5.47.